The van der Waals surface area contributed by atoms with Gasteiger partial charge < -0.3 is 10.5 Å². The second-order valence-corrected chi connectivity index (χ2v) is 4.06. The highest BCUT2D eigenvalue weighted by atomic mass is 16.5. The lowest BCUT2D eigenvalue weighted by molar-refractivity contribution is 0.210. The van der Waals surface area contributed by atoms with Crippen molar-refractivity contribution in [2.45, 2.75) is 19.5 Å². The first-order valence-corrected chi connectivity index (χ1v) is 5.47. The van der Waals surface area contributed by atoms with E-state index in [2.05, 4.69) is 11.0 Å². The van der Waals surface area contributed by atoms with Crippen LogP contribution < -0.4 is 10.5 Å². The topological polar surface area (TPSA) is 62.3 Å². The molecule has 0 amide bonds. The molecule has 0 aromatic heterocycles. The van der Waals surface area contributed by atoms with E-state index in [1.807, 2.05) is 25.1 Å². The van der Waals surface area contributed by atoms with Crippen LogP contribution in [0.15, 0.2) is 24.3 Å². The van der Waals surface area contributed by atoms with E-state index in [4.69, 9.17) is 15.9 Å². The molecule has 4 heteroatoms. The van der Waals surface area contributed by atoms with Gasteiger partial charge in [0.2, 0.25) is 0 Å². The van der Waals surface area contributed by atoms with Crippen LogP contribution in [0.4, 0.5) is 0 Å². The average Bonchev–Trinajstić information content (AvgIpc) is 2.49. The van der Waals surface area contributed by atoms with Crippen LogP contribution in [0.5, 0.6) is 5.75 Å². The van der Waals surface area contributed by atoms with E-state index < -0.39 is 0 Å². The molecule has 0 saturated carbocycles. The third-order valence-corrected chi connectivity index (χ3v) is 2.98. The van der Waals surface area contributed by atoms with Crippen molar-refractivity contribution in [1.82, 2.24) is 4.90 Å². The summed E-state index contributed by atoms with van der Waals surface area (Å²) < 4.78 is 5.66. The smallest absolute Gasteiger partial charge is 0.123 e. The Morgan fingerprint density at radius 2 is 2.25 bits per heavy atom. The lowest BCUT2D eigenvalue weighted by Gasteiger charge is -2.25. The van der Waals surface area contributed by atoms with E-state index in [1.54, 1.807) is 0 Å². The highest BCUT2D eigenvalue weighted by Gasteiger charge is 2.20. The molecule has 1 aromatic rings. The molecule has 0 bridgehead atoms. The fourth-order valence-corrected chi connectivity index (χ4v) is 1.87. The van der Waals surface area contributed by atoms with Gasteiger partial charge in [0.15, 0.2) is 0 Å². The maximum atomic E-state index is 7.49. The Labute approximate surface area is 95.5 Å². The van der Waals surface area contributed by atoms with Gasteiger partial charge in [-0.3, -0.25) is 10.3 Å². The molecule has 1 unspecified atom stereocenters. The number of amidine groups is 1. The summed E-state index contributed by atoms with van der Waals surface area (Å²) in [7, 11) is 0. The predicted molar refractivity (Wildman–Crippen MR) is 63.7 cm³/mol. The third kappa shape index (κ3) is 2.17. The largest absolute Gasteiger partial charge is 0.492 e. The minimum absolute atomic E-state index is 0.0326. The van der Waals surface area contributed by atoms with Crippen molar-refractivity contribution >= 4 is 5.84 Å². The number of benzene rings is 1. The van der Waals surface area contributed by atoms with Crippen LogP contribution in [0.2, 0.25) is 0 Å². The number of para-hydroxylation sites is 1. The molecule has 0 spiro atoms. The van der Waals surface area contributed by atoms with Crippen molar-refractivity contribution in [3.8, 4) is 5.75 Å². The van der Waals surface area contributed by atoms with Crippen molar-refractivity contribution < 1.29 is 4.74 Å². The van der Waals surface area contributed by atoms with Gasteiger partial charge in [-0.2, -0.15) is 0 Å². The molecular formula is C12H17N3O. The van der Waals surface area contributed by atoms with E-state index in [0.717, 1.165) is 24.4 Å². The van der Waals surface area contributed by atoms with Gasteiger partial charge in [-0.15, -0.1) is 0 Å². The number of nitrogens with one attached hydrogen (secondary N) is 1. The number of rotatable bonds is 2. The number of fused-ring (bicyclic) bond motifs is 1. The molecule has 1 atom stereocenters. The SMILES string of the molecule is CC(C(=N)N)N1CCOc2ccccc2C1. The normalized spacial score (nSPS) is 18.1. The Hall–Kier alpha value is -1.55. The second kappa shape index (κ2) is 4.53. The second-order valence-electron chi connectivity index (χ2n) is 4.06. The van der Waals surface area contributed by atoms with Crippen molar-refractivity contribution in [3.05, 3.63) is 29.8 Å². The molecular weight excluding hydrogens is 202 g/mol. The first kappa shape index (κ1) is 11.0. The number of ether oxygens (including phenoxy) is 1. The number of nitrogens with two attached hydrogens (primary N) is 1. The maximum absolute atomic E-state index is 7.49. The highest BCUT2D eigenvalue weighted by molar-refractivity contribution is 5.82. The lowest BCUT2D eigenvalue weighted by atomic mass is 10.1. The van der Waals surface area contributed by atoms with E-state index in [1.165, 1.54) is 0 Å². The predicted octanol–water partition coefficient (Wildman–Crippen LogP) is 1.21. The zero-order valence-corrected chi connectivity index (χ0v) is 9.44. The maximum Gasteiger partial charge on any atom is 0.123 e. The summed E-state index contributed by atoms with van der Waals surface area (Å²) in [4.78, 5) is 2.16. The van der Waals surface area contributed by atoms with Gasteiger partial charge >= 0.3 is 0 Å². The fourth-order valence-electron chi connectivity index (χ4n) is 1.87. The monoisotopic (exact) mass is 219 g/mol. The van der Waals surface area contributed by atoms with Gasteiger partial charge in [0, 0.05) is 18.7 Å². The van der Waals surface area contributed by atoms with Crippen molar-refractivity contribution in [1.29, 1.82) is 5.41 Å². The molecule has 4 nitrogen and oxygen atoms in total. The number of nitrogens with zero attached hydrogens (tertiary/aromatic N) is 1. The summed E-state index contributed by atoms with van der Waals surface area (Å²) in [6.45, 7) is 4.19. The van der Waals surface area contributed by atoms with Gasteiger partial charge in [0.05, 0.1) is 6.04 Å². The Bertz CT molecular complexity index is 392. The summed E-state index contributed by atoms with van der Waals surface area (Å²) in [6, 6.07) is 7.99. The molecule has 1 heterocycles. The van der Waals surface area contributed by atoms with Crippen LogP contribution in [0, 0.1) is 5.41 Å². The van der Waals surface area contributed by atoms with Crippen molar-refractivity contribution in [2.75, 3.05) is 13.2 Å². The van der Waals surface area contributed by atoms with E-state index >= 15 is 0 Å². The quantitative estimate of drug-likeness (QED) is 0.580. The summed E-state index contributed by atoms with van der Waals surface area (Å²) in [5.41, 5.74) is 6.70. The van der Waals surface area contributed by atoms with Crippen LogP contribution in [0.1, 0.15) is 12.5 Å². The Kier molecular flexibility index (Phi) is 3.10. The molecule has 0 fully saturated rings. The third-order valence-electron chi connectivity index (χ3n) is 2.98. The molecule has 3 N–H and O–H groups in total. The van der Waals surface area contributed by atoms with Crippen LogP contribution >= 0.6 is 0 Å². The molecule has 1 aliphatic rings. The molecule has 0 aliphatic carbocycles. The van der Waals surface area contributed by atoms with Crippen LogP contribution in [0.25, 0.3) is 0 Å². The lowest BCUT2D eigenvalue weighted by Crippen LogP contribution is -2.42. The molecule has 1 aromatic carbocycles. The molecule has 1 aliphatic heterocycles. The van der Waals surface area contributed by atoms with E-state index in [-0.39, 0.29) is 11.9 Å². The fraction of sp³-hybridized carbons (Fsp3) is 0.417. The Balaban J connectivity index is 2.19. The van der Waals surface area contributed by atoms with Gasteiger partial charge in [0.1, 0.15) is 18.2 Å². The Morgan fingerprint density at radius 3 is 3.00 bits per heavy atom. The van der Waals surface area contributed by atoms with Crippen molar-refractivity contribution in [2.24, 2.45) is 5.73 Å². The molecule has 16 heavy (non-hydrogen) atoms. The van der Waals surface area contributed by atoms with E-state index in [0.29, 0.717) is 6.61 Å². The van der Waals surface area contributed by atoms with Gasteiger partial charge in [0.25, 0.3) is 0 Å². The van der Waals surface area contributed by atoms with Gasteiger partial charge in [-0.1, -0.05) is 18.2 Å². The van der Waals surface area contributed by atoms with Crippen LogP contribution in [-0.2, 0) is 6.54 Å². The first-order chi connectivity index (χ1) is 7.68. The van der Waals surface area contributed by atoms with E-state index in [9.17, 15) is 0 Å². The Morgan fingerprint density at radius 1 is 1.50 bits per heavy atom. The van der Waals surface area contributed by atoms with Crippen LogP contribution in [-0.4, -0.2) is 29.9 Å². The minimum atomic E-state index is -0.0326. The van der Waals surface area contributed by atoms with Gasteiger partial charge in [-0.25, -0.2) is 0 Å². The number of hydrogen-bond donors (Lipinski definition) is 2. The zero-order chi connectivity index (χ0) is 11.5. The first-order valence-electron chi connectivity index (χ1n) is 5.47. The van der Waals surface area contributed by atoms with Crippen molar-refractivity contribution in [3.63, 3.8) is 0 Å². The summed E-state index contributed by atoms with van der Waals surface area (Å²) in [6.07, 6.45) is 0. The van der Waals surface area contributed by atoms with Gasteiger partial charge in [-0.05, 0) is 13.0 Å². The molecule has 0 saturated heterocycles. The highest BCUT2D eigenvalue weighted by Crippen LogP contribution is 2.23. The molecule has 0 radical (unpaired) electrons. The summed E-state index contributed by atoms with van der Waals surface area (Å²) in [5.74, 6) is 1.15. The minimum Gasteiger partial charge on any atom is -0.492 e. The summed E-state index contributed by atoms with van der Waals surface area (Å²) >= 11 is 0. The summed E-state index contributed by atoms with van der Waals surface area (Å²) in [5, 5.41) is 7.49. The molecule has 86 valence electrons. The standard InChI is InChI=1S/C12H17N3O/c1-9(12(13)14)15-6-7-16-11-5-3-2-4-10(11)8-15/h2-5,9H,6-8H2,1H3,(H3,13,14). The van der Waals surface area contributed by atoms with Crippen LogP contribution in [0.3, 0.4) is 0 Å². The zero-order valence-electron chi connectivity index (χ0n) is 9.44. The molecule has 2 rings (SSSR count). The average molecular weight is 219 g/mol. The number of hydrogen-bond acceptors (Lipinski definition) is 3.